The molecule has 0 saturated carbocycles. The molecular weight excluding hydrogens is 873 g/mol. The van der Waals surface area contributed by atoms with Gasteiger partial charge in [-0.1, -0.05) is 225 Å². The fourth-order valence-electron chi connectivity index (χ4n) is 9.76. The maximum Gasteiger partial charge on any atom is 0.144 e. The van der Waals surface area contributed by atoms with Gasteiger partial charge in [-0.05, 0) is 117 Å². The summed E-state index contributed by atoms with van der Waals surface area (Å²) >= 11 is 0. The molecule has 0 spiro atoms. The first-order chi connectivity index (χ1) is 35.6. The van der Waals surface area contributed by atoms with E-state index < -0.39 is 0 Å². The van der Waals surface area contributed by atoms with Crippen molar-refractivity contribution in [3.8, 4) is 55.9 Å². The van der Waals surface area contributed by atoms with Crippen LogP contribution in [0.2, 0.25) is 0 Å². The zero-order valence-corrected chi connectivity index (χ0v) is 41.2. The number of benzene rings is 7. The first-order valence-corrected chi connectivity index (χ1v) is 25.1. The molecule has 10 rings (SSSR count). The van der Waals surface area contributed by atoms with Crippen LogP contribution in [0, 0.1) is 0 Å². The summed E-state index contributed by atoms with van der Waals surface area (Å²) in [6, 6.07) is 59.2. The molecule has 0 bridgehead atoms. The number of nitrogens with zero attached hydrogens (tertiary/aromatic N) is 4. The minimum Gasteiger partial charge on any atom is -0.321 e. The van der Waals surface area contributed by atoms with E-state index in [1.165, 1.54) is 33.0 Å². The van der Waals surface area contributed by atoms with Gasteiger partial charge in [0.1, 0.15) is 5.82 Å². The zero-order valence-electron chi connectivity index (χ0n) is 41.2. The van der Waals surface area contributed by atoms with Crippen LogP contribution in [-0.2, 0) is 0 Å². The molecule has 0 radical (unpaired) electrons. The van der Waals surface area contributed by atoms with Crippen LogP contribution < -0.4 is 0 Å². The summed E-state index contributed by atoms with van der Waals surface area (Å²) in [6.45, 7) is 6.27. The summed E-state index contributed by atoms with van der Waals surface area (Å²) in [6.07, 6.45) is 36.9. The molecule has 1 aliphatic heterocycles. The van der Waals surface area contributed by atoms with Crippen LogP contribution >= 0.6 is 0 Å². The Labute approximate surface area is 425 Å². The Kier molecular flexibility index (Phi) is 14.5. The molecule has 0 N–H and O–H groups in total. The Morgan fingerprint density at radius 2 is 1.15 bits per heavy atom. The van der Waals surface area contributed by atoms with E-state index in [4.69, 9.17) is 9.98 Å². The molecule has 8 aromatic rings. The van der Waals surface area contributed by atoms with E-state index in [2.05, 4.69) is 279 Å². The van der Waals surface area contributed by atoms with Gasteiger partial charge in [0.15, 0.2) is 0 Å². The number of aliphatic imine (C=N–C) groups is 1. The molecule has 7 aromatic carbocycles. The van der Waals surface area contributed by atoms with Crippen molar-refractivity contribution in [3.05, 3.63) is 277 Å². The molecule has 350 valence electrons. The van der Waals surface area contributed by atoms with Gasteiger partial charge in [-0.3, -0.25) is 4.99 Å². The van der Waals surface area contributed by atoms with Gasteiger partial charge in [0.25, 0.3) is 0 Å². The molecular formula is C68H58N4. The molecule has 2 heterocycles. The summed E-state index contributed by atoms with van der Waals surface area (Å²) in [5.74, 6) is 0.900. The van der Waals surface area contributed by atoms with Crippen molar-refractivity contribution >= 4 is 34.5 Å². The molecule has 0 unspecified atom stereocenters. The number of rotatable bonds is 14. The number of hydrogen-bond acceptors (Lipinski definition) is 3. The highest BCUT2D eigenvalue weighted by atomic mass is 15.1. The molecule has 2 aliphatic rings. The third-order valence-electron chi connectivity index (χ3n) is 13.1. The molecule has 0 amide bonds. The highest BCUT2D eigenvalue weighted by molar-refractivity contribution is 6.18. The summed E-state index contributed by atoms with van der Waals surface area (Å²) in [5.41, 5.74) is 17.6. The lowest BCUT2D eigenvalue weighted by Crippen LogP contribution is -2.11. The van der Waals surface area contributed by atoms with Crippen LogP contribution in [0.4, 0.5) is 0 Å². The van der Waals surface area contributed by atoms with E-state index in [-0.39, 0.29) is 0 Å². The third-order valence-corrected chi connectivity index (χ3v) is 13.1. The molecule has 4 heteroatoms. The molecule has 0 saturated heterocycles. The van der Waals surface area contributed by atoms with Crippen molar-refractivity contribution in [3.63, 3.8) is 0 Å². The quantitative estimate of drug-likeness (QED) is 0.0804. The van der Waals surface area contributed by atoms with Crippen molar-refractivity contribution in [1.82, 2.24) is 14.5 Å². The van der Waals surface area contributed by atoms with E-state index in [0.717, 1.165) is 92.3 Å². The Balaban J connectivity index is 1.13. The topological polar surface area (TPSA) is 33.4 Å². The van der Waals surface area contributed by atoms with Crippen LogP contribution in [0.5, 0.6) is 0 Å². The van der Waals surface area contributed by atoms with Crippen molar-refractivity contribution in [1.29, 1.82) is 0 Å². The van der Waals surface area contributed by atoms with E-state index >= 15 is 0 Å². The summed E-state index contributed by atoms with van der Waals surface area (Å²) in [7, 11) is 0. The normalized spacial score (nSPS) is 14.2. The Morgan fingerprint density at radius 3 is 1.71 bits per heavy atom. The van der Waals surface area contributed by atoms with Crippen LogP contribution in [0.1, 0.15) is 56.9 Å². The van der Waals surface area contributed by atoms with E-state index in [9.17, 15) is 0 Å². The molecule has 72 heavy (non-hydrogen) atoms. The Bertz CT molecular complexity index is 3500. The summed E-state index contributed by atoms with van der Waals surface area (Å²) in [5, 5.41) is 2.37. The number of fused-ring (bicyclic) bond motifs is 1. The monoisotopic (exact) mass is 930 g/mol. The maximum absolute atomic E-state index is 5.37. The second-order valence-corrected chi connectivity index (χ2v) is 17.8. The van der Waals surface area contributed by atoms with Crippen molar-refractivity contribution < 1.29 is 0 Å². The van der Waals surface area contributed by atoms with E-state index in [0.29, 0.717) is 0 Å². The molecule has 1 aromatic heterocycles. The highest BCUT2D eigenvalue weighted by Crippen LogP contribution is 2.51. The molecule has 0 atom stereocenters. The van der Waals surface area contributed by atoms with Gasteiger partial charge >= 0.3 is 0 Å². The maximum atomic E-state index is 5.37. The predicted molar refractivity (Wildman–Crippen MR) is 308 cm³/mol. The molecule has 4 nitrogen and oxygen atoms in total. The standard InChI is InChI=1S/C68H58N4/c1-4-7-26-51(6-3)61-49-72(45-5-2)68(70-61)58-43-41-55(42-44-58)63-60-36-23-22-35-59(60)62(64(52-27-14-10-15-28-52)65(63)53-29-16-11-17-30-53)54-39-37-50(38-40-54)48-69-66(56-31-18-12-19-32-56)67(57-33-20-13-21-34-57)71-46-24-8-9-25-47-71/h5-11,13-18,20-49H,4,12,19H2,1-3H3/b26-7-,45-5+,51-6+,67-66-,69-48?. The zero-order chi connectivity index (χ0) is 49.1. The van der Waals surface area contributed by atoms with Gasteiger partial charge in [-0.25, -0.2) is 4.98 Å². The van der Waals surface area contributed by atoms with Crippen LogP contribution in [0.15, 0.2) is 265 Å². The van der Waals surface area contributed by atoms with Crippen LogP contribution in [0.25, 0.3) is 84.1 Å². The minimum absolute atomic E-state index is 0.900. The molecule has 0 fully saturated rings. The highest BCUT2D eigenvalue weighted by Gasteiger charge is 2.25. The van der Waals surface area contributed by atoms with E-state index in [1.807, 2.05) is 13.1 Å². The number of imidazole rings is 1. The van der Waals surface area contributed by atoms with Gasteiger partial charge < -0.3 is 9.47 Å². The summed E-state index contributed by atoms with van der Waals surface area (Å²) in [4.78, 5) is 12.7. The predicted octanol–water partition coefficient (Wildman–Crippen LogP) is 18.2. The molecule has 1 aliphatic carbocycles. The van der Waals surface area contributed by atoms with Gasteiger partial charge in [0, 0.05) is 42.1 Å². The van der Waals surface area contributed by atoms with Crippen LogP contribution in [0.3, 0.4) is 0 Å². The van der Waals surface area contributed by atoms with Gasteiger partial charge in [-0.2, -0.15) is 0 Å². The van der Waals surface area contributed by atoms with Gasteiger partial charge in [-0.15, -0.1) is 0 Å². The average Bonchev–Trinajstić information content (AvgIpc) is 3.67. The first kappa shape index (κ1) is 46.8. The third kappa shape index (κ3) is 9.94. The summed E-state index contributed by atoms with van der Waals surface area (Å²) < 4.78 is 2.13. The SMILES string of the molecule is C/C=C/n1cc(C(/C=C\CC)=C/C)nc1-c1ccc(-c2c(-c3ccccc3)c(-c3ccccc3)c(-c3ccc(C=N/C(C4=CCCC=C4)=C(/c4ccccc4)N4C=CC=CC=C4)cc3)c3ccccc23)cc1. The lowest BCUT2D eigenvalue weighted by atomic mass is 9.79. The van der Waals surface area contributed by atoms with Crippen molar-refractivity contribution in [2.24, 2.45) is 4.99 Å². The lowest BCUT2D eigenvalue weighted by molar-refractivity contribution is 0.718. The Hall–Kier alpha value is -8.86. The second-order valence-electron chi connectivity index (χ2n) is 17.8. The van der Waals surface area contributed by atoms with E-state index in [1.54, 1.807) is 0 Å². The number of allylic oxidation sites excluding steroid dienone is 12. The van der Waals surface area contributed by atoms with Gasteiger partial charge in [0.05, 0.1) is 17.1 Å². The fraction of sp³-hybridized carbons (Fsp3) is 0.0882. The van der Waals surface area contributed by atoms with Crippen LogP contribution in [-0.4, -0.2) is 20.7 Å². The minimum atomic E-state index is 0.900. The van der Waals surface area contributed by atoms with Crippen molar-refractivity contribution in [2.75, 3.05) is 0 Å². The van der Waals surface area contributed by atoms with Crippen molar-refractivity contribution in [2.45, 2.75) is 40.0 Å². The first-order valence-electron chi connectivity index (χ1n) is 25.1. The average molecular weight is 931 g/mol. The lowest BCUT2D eigenvalue weighted by Gasteiger charge is -2.24. The second kappa shape index (κ2) is 22.3. The number of hydrogen-bond donors (Lipinski definition) is 0. The largest absolute Gasteiger partial charge is 0.321 e. The fourth-order valence-corrected chi connectivity index (χ4v) is 9.76. The van der Waals surface area contributed by atoms with Gasteiger partial charge in [0.2, 0.25) is 0 Å². The smallest absolute Gasteiger partial charge is 0.144 e. The number of aromatic nitrogens is 2. The Morgan fingerprint density at radius 1 is 0.597 bits per heavy atom.